The molecule has 0 bridgehead atoms. The quantitative estimate of drug-likeness (QED) is 0.704. The van der Waals surface area contributed by atoms with Crippen molar-refractivity contribution >= 4 is 17.6 Å². The molecule has 5 nitrogen and oxygen atoms in total. The third-order valence-corrected chi connectivity index (χ3v) is 2.75. The van der Waals surface area contributed by atoms with E-state index in [-0.39, 0.29) is 0 Å². The van der Waals surface area contributed by atoms with Gasteiger partial charge in [-0.3, -0.25) is 0 Å². The lowest BCUT2D eigenvalue weighted by atomic mass is 10.2. The molecule has 0 spiro atoms. The zero-order valence-corrected chi connectivity index (χ0v) is 10.6. The van der Waals surface area contributed by atoms with Crippen LogP contribution in [0.2, 0.25) is 0 Å². The number of rotatable bonds is 6. The van der Waals surface area contributed by atoms with E-state index in [1.54, 1.807) is 0 Å². The van der Waals surface area contributed by atoms with E-state index in [1.807, 2.05) is 0 Å². The number of hydrogen-bond acceptors (Lipinski definition) is 5. The van der Waals surface area contributed by atoms with Crippen LogP contribution in [0, 0.1) is 0 Å². The van der Waals surface area contributed by atoms with Crippen LogP contribution in [0.4, 0.5) is 17.6 Å². The Labute approximate surface area is 102 Å². The summed E-state index contributed by atoms with van der Waals surface area (Å²) < 4.78 is 0. The van der Waals surface area contributed by atoms with Crippen molar-refractivity contribution in [3.8, 4) is 0 Å². The molecular weight excluding hydrogens is 214 g/mol. The molecule has 0 aromatic carbocycles. The molecule has 1 aromatic rings. The summed E-state index contributed by atoms with van der Waals surface area (Å²) in [6.07, 6.45) is 3.19. The predicted molar refractivity (Wildman–Crippen MR) is 71.8 cm³/mol. The molecule has 0 atom stereocenters. The molecule has 1 aromatic heterocycles. The molecule has 3 N–H and O–H groups in total. The predicted octanol–water partition coefficient (Wildman–Crippen LogP) is 2.09. The van der Waals surface area contributed by atoms with Gasteiger partial charge in [-0.15, -0.1) is 0 Å². The maximum absolute atomic E-state index is 4.55. The Hall–Kier alpha value is -1.52. The Morgan fingerprint density at radius 3 is 2.65 bits per heavy atom. The average Bonchev–Trinajstić information content (AvgIpc) is 2.81. The van der Waals surface area contributed by atoms with Gasteiger partial charge < -0.3 is 16.0 Å². The van der Waals surface area contributed by atoms with E-state index in [1.165, 1.54) is 5.56 Å². The van der Waals surface area contributed by atoms with Gasteiger partial charge in [-0.25, -0.2) is 0 Å². The van der Waals surface area contributed by atoms with Crippen molar-refractivity contribution in [1.29, 1.82) is 0 Å². The summed E-state index contributed by atoms with van der Waals surface area (Å²) >= 11 is 0. The normalized spacial score (nSPS) is 13.1. The summed E-state index contributed by atoms with van der Waals surface area (Å²) in [5, 5.41) is 9.92. The SMILES string of the molecule is CCCNc1nc(NCCC)c2c(n1)NCC2. The summed E-state index contributed by atoms with van der Waals surface area (Å²) in [6, 6.07) is 0. The van der Waals surface area contributed by atoms with Crippen molar-refractivity contribution in [2.45, 2.75) is 33.1 Å². The molecule has 1 aliphatic heterocycles. The van der Waals surface area contributed by atoms with Gasteiger partial charge in [0.25, 0.3) is 0 Å². The summed E-state index contributed by atoms with van der Waals surface area (Å²) in [5.74, 6) is 2.69. The summed E-state index contributed by atoms with van der Waals surface area (Å²) in [7, 11) is 0. The third-order valence-electron chi connectivity index (χ3n) is 2.75. The first-order valence-corrected chi connectivity index (χ1v) is 6.47. The van der Waals surface area contributed by atoms with Gasteiger partial charge in [0.2, 0.25) is 5.95 Å². The van der Waals surface area contributed by atoms with Gasteiger partial charge >= 0.3 is 0 Å². The van der Waals surface area contributed by atoms with Gasteiger partial charge in [0.1, 0.15) is 11.6 Å². The zero-order valence-electron chi connectivity index (χ0n) is 10.6. The highest BCUT2D eigenvalue weighted by atomic mass is 15.2. The molecule has 2 rings (SSSR count). The average molecular weight is 235 g/mol. The van der Waals surface area contributed by atoms with Crippen molar-refractivity contribution < 1.29 is 0 Å². The van der Waals surface area contributed by atoms with E-state index in [2.05, 4.69) is 39.8 Å². The van der Waals surface area contributed by atoms with Crippen molar-refractivity contribution in [3.63, 3.8) is 0 Å². The van der Waals surface area contributed by atoms with E-state index < -0.39 is 0 Å². The molecule has 94 valence electrons. The lowest BCUT2D eigenvalue weighted by Crippen LogP contribution is -2.10. The Kier molecular flexibility index (Phi) is 4.01. The maximum atomic E-state index is 4.55. The first-order chi connectivity index (χ1) is 8.35. The molecule has 5 heteroatoms. The number of hydrogen-bond donors (Lipinski definition) is 3. The topological polar surface area (TPSA) is 61.9 Å². The molecule has 0 saturated heterocycles. The van der Waals surface area contributed by atoms with Crippen LogP contribution < -0.4 is 16.0 Å². The Balaban J connectivity index is 2.19. The Bertz CT molecular complexity index is 377. The number of nitrogens with one attached hydrogen (secondary N) is 3. The molecule has 0 radical (unpaired) electrons. The highest BCUT2D eigenvalue weighted by Crippen LogP contribution is 2.27. The second-order valence-corrected chi connectivity index (χ2v) is 4.25. The van der Waals surface area contributed by atoms with Crippen LogP contribution in [-0.4, -0.2) is 29.6 Å². The first-order valence-electron chi connectivity index (χ1n) is 6.47. The van der Waals surface area contributed by atoms with Gasteiger partial charge in [-0.05, 0) is 19.3 Å². The minimum Gasteiger partial charge on any atom is -0.370 e. The standard InChI is InChI=1S/C12H21N5/c1-3-6-13-10-9-5-8-14-11(9)17-12(16-10)15-7-4-2/h3-8H2,1-2H3,(H3,13,14,15,16,17). The summed E-state index contributed by atoms with van der Waals surface area (Å²) in [6.45, 7) is 7.11. The molecule has 17 heavy (non-hydrogen) atoms. The lowest BCUT2D eigenvalue weighted by molar-refractivity contribution is 0.936. The van der Waals surface area contributed by atoms with Crippen molar-refractivity contribution in [3.05, 3.63) is 5.56 Å². The van der Waals surface area contributed by atoms with Crippen molar-refractivity contribution in [2.24, 2.45) is 0 Å². The third kappa shape index (κ3) is 2.78. The number of anilines is 3. The van der Waals surface area contributed by atoms with Crippen LogP contribution in [-0.2, 0) is 6.42 Å². The molecule has 2 heterocycles. The van der Waals surface area contributed by atoms with Crippen molar-refractivity contribution in [1.82, 2.24) is 9.97 Å². The summed E-state index contributed by atoms with van der Waals surface area (Å²) in [5.41, 5.74) is 1.22. The van der Waals surface area contributed by atoms with Gasteiger partial charge in [-0.2, -0.15) is 9.97 Å². The molecular formula is C12H21N5. The summed E-state index contributed by atoms with van der Waals surface area (Å²) in [4.78, 5) is 9.03. The molecule has 0 unspecified atom stereocenters. The van der Waals surface area contributed by atoms with Crippen LogP contribution >= 0.6 is 0 Å². The maximum Gasteiger partial charge on any atom is 0.226 e. The fraction of sp³-hybridized carbons (Fsp3) is 0.667. The van der Waals surface area contributed by atoms with Gasteiger partial charge in [0, 0.05) is 25.2 Å². The molecule has 0 amide bonds. The van der Waals surface area contributed by atoms with Gasteiger partial charge in [0.15, 0.2) is 0 Å². The van der Waals surface area contributed by atoms with Crippen LogP contribution in [0.3, 0.4) is 0 Å². The van der Waals surface area contributed by atoms with Crippen LogP contribution in [0.5, 0.6) is 0 Å². The number of aromatic nitrogens is 2. The highest BCUT2D eigenvalue weighted by Gasteiger charge is 2.18. The van der Waals surface area contributed by atoms with Gasteiger partial charge in [0.05, 0.1) is 0 Å². The van der Waals surface area contributed by atoms with Crippen LogP contribution in [0.25, 0.3) is 0 Å². The van der Waals surface area contributed by atoms with Crippen LogP contribution in [0.15, 0.2) is 0 Å². The fourth-order valence-electron chi connectivity index (χ4n) is 1.88. The molecule has 0 fully saturated rings. The smallest absolute Gasteiger partial charge is 0.226 e. The number of fused-ring (bicyclic) bond motifs is 1. The lowest BCUT2D eigenvalue weighted by Gasteiger charge is -2.11. The minimum atomic E-state index is 0.721. The molecule has 0 aliphatic carbocycles. The Morgan fingerprint density at radius 2 is 1.88 bits per heavy atom. The highest BCUT2D eigenvalue weighted by molar-refractivity contribution is 5.63. The fourth-order valence-corrected chi connectivity index (χ4v) is 1.88. The van der Waals surface area contributed by atoms with Gasteiger partial charge in [-0.1, -0.05) is 13.8 Å². The molecule has 1 aliphatic rings. The van der Waals surface area contributed by atoms with E-state index in [4.69, 9.17) is 0 Å². The minimum absolute atomic E-state index is 0.721. The monoisotopic (exact) mass is 235 g/mol. The number of nitrogens with zero attached hydrogens (tertiary/aromatic N) is 2. The van der Waals surface area contributed by atoms with E-state index in [9.17, 15) is 0 Å². The zero-order chi connectivity index (χ0) is 12.1. The van der Waals surface area contributed by atoms with E-state index in [0.717, 1.165) is 56.5 Å². The Morgan fingerprint density at radius 1 is 1.12 bits per heavy atom. The molecule has 0 saturated carbocycles. The van der Waals surface area contributed by atoms with Crippen LogP contribution in [0.1, 0.15) is 32.3 Å². The first kappa shape index (κ1) is 12.0. The van der Waals surface area contributed by atoms with E-state index in [0.29, 0.717) is 0 Å². The second kappa shape index (κ2) is 5.70. The largest absolute Gasteiger partial charge is 0.370 e. The van der Waals surface area contributed by atoms with E-state index >= 15 is 0 Å². The van der Waals surface area contributed by atoms with Crippen molar-refractivity contribution in [2.75, 3.05) is 35.6 Å². The second-order valence-electron chi connectivity index (χ2n) is 4.25.